The van der Waals surface area contributed by atoms with Crippen molar-refractivity contribution in [3.05, 3.63) is 29.8 Å². The first kappa shape index (κ1) is 14.4. The van der Waals surface area contributed by atoms with Crippen LogP contribution in [-0.4, -0.2) is 42.9 Å². The molecule has 0 aromatic heterocycles. The first-order chi connectivity index (χ1) is 9.54. The lowest BCUT2D eigenvalue weighted by Crippen LogP contribution is -2.56. The van der Waals surface area contributed by atoms with Crippen molar-refractivity contribution in [1.29, 1.82) is 0 Å². The number of hydrogen-bond acceptors (Lipinski definition) is 3. The quantitative estimate of drug-likeness (QED) is 0.900. The van der Waals surface area contributed by atoms with Crippen LogP contribution in [0.1, 0.15) is 32.3 Å². The molecule has 2 unspecified atom stereocenters. The molecule has 0 bridgehead atoms. The third-order valence-electron chi connectivity index (χ3n) is 4.58. The fourth-order valence-corrected chi connectivity index (χ4v) is 4.49. The second kappa shape index (κ2) is 5.70. The normalized spacial score (nSPS) is 27.6. The summed E-state index contributed by atoms with van der Waals surface area (Å²) in [5.41, 5.74) is 1.92. The van der Waals surface area contributed by atoms with Crippen LogP contribution in [0.3, 0.4) is 0 Å². The Labute approximate surface area is 127 Å². The van der Waals surface area contributed by atoms with Crippen LogP contribution in [0.25, 0.3) is 0 Å². The van der Waals surface area contributed by atoms with Crippen molar-refractivity contribution in [3.8, 4) is 0 Å². The first-order valence-corrected chi connectivity index (χ1v) is 8.70. The molecule has 3 heteroatoms. The molecule has 2 atom stereocenters. The smallest absolute Gasteiger partial charge is 0.0244 e. The van der Waals surface area contributed by atoms with Gasteiger partial charge in [0.05, 0.1) is 0 Å². The molecule has 110 valence electrons. The van der Waals surface area contributed by atoms with E-state index in [-0.39, 0.29) is 0 Å². The van der Waals surface area contributed by atoms with E-state index >= 15 is 0 Å². The van der Waals surface area contributed by atoms with Crippen LogP contribution in [0, 0.1) is 5.41 Å². The Morgan fingerprint density at radius 2 is 2.10 bits per heavy atom. The van der Waals surface area contributed by atoms with Gasteiger partial charge in [-0.2, -0.15) is 0 Å². The topological polar surface area (TPSA) is 15.3 Å². The van der Waals surface area contributed by atoms with E-state index in [4.69, 9.17) is 0 Å². The molecule has 20 heavy (non-hydrogen) atoms. The van der Waals surface area contributed by atoms with Gasteiger partial charge in [-0.05, 0) is 17.0 Å². The fraction of sp³-hybridized carbons (Fsp3) is 0.647. The molecule has 1 fully saturated rings. The first-order valence-electron chi connectivity index (χ1n) is 7.71. The van der Waals surface area contributed by atoms with Gasteiger partial charge in [0, 0.05) is 48.8 Å². The SMILES string of the molecule is CC(C)(C)C1CN(CC2CSc3ccccc32)CCN1. The van der Waals surface area contributed by atoms with Crippen molar-refractivity contribution in [2.24, 2.45) is 5.41 Å². The number of hydrogen-bond donors (Lipinski definition) is 1. The average Bonchev–Trinajstić information content (AvgIpc) is 2.82. The highest BCUT2D eigenvalue weighted by molar-refractivity contribution is 7.99. The van der Waals surface area contributed by atoms with Gasteiger partial charge in [-0.3, -0.25) is 4.90 Å². The van der Waals surface area contributed by atoms with E-state index in [9.17, 15) is 0 Å². The summed E-state index contributed by atoms with van der Waals surface area (Å²) in [5.74, 6) is 1.97. The predicted molar refractivity (Wildman–Crippen MR) is 87.6 cm³/mol. The maximum atomic E-state index is 3.69. The number of thioether (sulfide) groups is 1. The molecular weight excluding hydrogens is 264 g/mol. The summed E-state index contributed by atoms with van der Waals surface area (Å²) in [5, 5.41) is 3.69. The van der Waals surface area contributed by atoms with Crippen molar-refractivity contribution in [2.45, 2.75) is 37.6 Å². The van der Waals surface area contributed by atoms with Gasteiger partial charge in [0.15, 0.2) is 0 Å². The highest BCUT2D eigenvalue weighted by Crippen LogP contribution is 2.39. The third kappa shape index (κ3) is 3.05. The molecule has 2 heterocycles. The highest BCUT2D eigenvalue weighted by Gasteiger charge is 2.31. The minimum absolute atomic E-state index is 0.348. The Morgan fingerprint density at radius 1 is 1.30 bits per heavy atom. The van der Waals surface area contributed by atoms with E-state index in [0.29, 0.717) is 11.5 Å². The van der Waals surface area contributed by atoms with Crippen LogP contribution in [0.4, 0.5) is 0 Å². The summed E-state index contributed by atoms with van der Waals surface area (Å²) in [6.07, 6.45) is 0. The largest absolute Gasteiger partial charge is 0.311 e. The molecule has 2 aliphatic rings. The van der Waals surface area contributed by atoms with Gasteiger partial charge in [-0.25, -0.2) is 0 Å². The minimum Gasteiger partial charge on any atom is -0.311 e. The Balaban J connectivity index is 1.64. The molecule has 0 amide bonds. The molecule has 1 aromatic rings. The molecule has 2 aliphatic heterocycles. The van der Waals surface area contributed by atoms with E-state index in [1.807, 2.05) is 11.8 Å². The van der Waals surface area contributed by atoms with Gasteiger partial charge in [0.1, 0.15) is 0 Å². The standard InChI is InChI=1S/C17H26N2S/c1-17(2,3)16-11-19(9-8-18-16)10-13-12-20-15-7-5-4-6-14(13)15/h4-7,13,16,18H,8-12H2,1-3H3. The van der Waals surface area contributed by atoms with Gasteiger partial charge in [-0.1, -0.05) is 39.0 Å². The highest BCUT2D eigenvalue weighted by atomic mass is 32.2. The molecule has 0 aliphatic carbocycles. The monoisotopic (exact) mass is 290 g/mol. The summed E-state index contributed by atoms with van der Waals surface area (Å²) in [7, 11) is 0. The van der Waals surface area contributed by atoms with Crippen LogP contribution in [0.5, 0.6) is 0 Å². The van der Waals surface area contributed by atoms with E-state index in [0.717, 1.165) is 12.5 Å². The average molecular weight is 290 g/mol. The fourth-order valence-electron chi connectivity index (χ4n) is 3.25. The van der Waals surface area contributed by atoms with Gasteiger partial charge in [0.2, 0.25) is 0 Å². The van der Waals surface area contributed by atoms with Crippen molar-refractivity contribution >= 4 is 11.8 Å². The van der Waals surface area contributed by atoms with Crippen molar-refractivity contribution in [2.75, 3.05) is 31.9 Å². The predicted octanol–water partition coefficient (Wildman–Crippen LogP) is 3.20. The molecule has 3 rings (SSSR count). The molecule has 0 spiro atoms. The molecule has 0 saturated carbocycles. The number of nitrogens with one attached hydrogen (secondary N) is 1. The van der Waals surface area contributed by atoms with Gasteiger partial charge in [-0.15, -0.1) is 11.8 Å². The Kier molecular flexibility index (Phi) is 4.11. The lowest BCUT2D eigenvalue weighted by atomic mass is 9.85. The second-order valence-corrected chi connectivity index (χ2v) is 8.24. The third-order valence-corrected chi connectivity index (χ3v) is 5.83. The second-order valence-electron chi connectivity index (χ2n) is 7.18. The van der Waals surface area contributed by atoms with Crippen molar-refractivity contribution in [1.82, 2.24) is 10.2 Å². The van der Waals surface area contributed by atoms with Crippen molar-refractivity contribution in [3.63, 3.8) is 0 Å². The lowest BCUT2D eigenvalue weighted by Gasteiger charge is -2.41. The van der Waals surface area contributed by atoms with Gasteiger partial charge < -0.3 is 5.32 Å². The number of fused-ring (bicyclic) bond motifs is 1. The zero-order chi connectivity index (χ0) is 14.2. The van der Waals surface area contributed by atoms with E-state index < -0.39 is 0 Å². The Morgan fingerprint density at radius 3 is 2.90 bits per heavy atom. The van der Waals surface area contributed by atoms with E-state index in [1.165, 1.54) is 30.3 Å². The minimum atomic E-state index is 0.348. The van der Waals surface area contributed by atoms with Crippen LogP contribution in [0.15, 0.2) is 29.2 Å². The summed E-state index contributed by atoms with van der Waals surface area (Å²) < 4.78 is 0. The zero-order valence-electron chi connectivity index (χ0n) is 12.9. The number of nitrogens with zero attached hydrogens (tertiary/aromatic N) is 1. The maximum Gasteiger partial charge on any atom is 0.0244 e. The van der Waals surface area contributed by atoms with Crippen molar-refractivity contribution < 1.29 is 0 Å². The van der Waals surface area contributed by atoms with Gasteiger partial charge in [0.25, 0.3) is 0 Å². The molecule has 1 aromatic carbocycles. The molecule has 1 saturated heterocycles. The molecule has 0 radical (unpaired) electrons. The van der Waals surface area contributed by atoms with Crippen LogP contribution >= 0.6 is 11.8 Å². The molecule has 2 nitrogen and oxygen atoms in total. The van der Waals surface area contributed by atoms with Gasteiger partial charge >= 0.3 is 0 Å². The van der Waals surface area contributed by atoms with Crippen LogP contribution < -0.4 is 5.32 Å². The number of benzene rings is 1. The van der Waals surface area contributed by atoms with E-state index in [2.05, 4.69) is 55.3 Å². The maximum absolute atomic E-state index is 3.69. The lowest BCUT2D eigenvalue weighted by molar-refractivity contribution is 0.130. The zero-order valence-corrected chi connectivity index (χ0v) is 13.7. The Bertz CT molecular complexity index is 466. The summed E-state index contributed by atoms with van der Waals surface area (Å²) in [6.45, 7) is 11.8. The summed E-state index contributed by atoms with van der Waals surface area (Å²) in [6, 6.07) is 9.56. The summed E-state index contributed by atoms with van der Waals surface area (Å²) >= 11 is 2.03. The summed E-state index contributed by atoms with van der Waals surface area (Å²) in [4.78, 5) is 4.17. The van der Waals surface area contributed by atoms with Crippen LogP contribution in [0.2, 0.25) is 0 Å². The Hall–Kier alpha value is -0.510. The number of rotatable bonds is 2. The van der Waals surface area contributed by atoms with E-state index in [1.54, 1.807) is 5.56 Å². The van der Waals surface area contributed by atoms with Crippen LogP contribution in [-0.2, 0) is 0 Å². The molecule has 1 N–H and O–H groups in total. The molecular formula is C17H26N2S. The number of piperazine rings is 1.